The predicted octanol–water partition coefficient (Wildman–Crippen LogP) is 1.43. The second kappa shape index (κ2) is 5.86. The number of ether oxygens (including phenoxy) is 1. The molecule has 0 bridgehead atoms. The molecule has 0 amide bonds. The molecule has 0 radical (unpaired) electrons. The molecule has 4 heteroatoms. The highest BCUT2D eigenvalue weighted by molar-refractivity contribution is 6.32. The zero-order valence-electron chi connectivity index (χ0n) is 7.82. The first-order valence-electron chi connectivity index (χ1n) is 4.48. The van der Waals surface area contributed by atoms with E-state index >= 15 is 0 Å². The second-order valence-electron chi connectivity index (χ2n) is 3.01. The van der Waals surface area contributed by atoms with Crippen molar-refractivity contribution in [2.75, 3.05) is 13.2 Å². The second-order valence-corrected chi connectivity index (χ2v) is 3.42. The third-order valence-corrected chi connectivity index (χ3v) is 2.10. The highest BCUT2D eigenvalue weighted by Crippen LogP contribution is 2.22. The third kappa shape index (κ3) is 3.54. The Kier molecular flexibility index (Phi) is 4.73. The lowest BCUT2D eigenvalue weighted by molar-refractivity contribution is 0.233. The van der Waals surface area contributed by atoms with E-state index in [1.54, 1.807) is 12.1 Å². The van der Waals surface area contributed by atoms with Gasteiger partial charge in [-0.3, -0.25) is 0 Å². The molecule has 0 aliphatic carbocycles. The molecule has 0 aliphatic rings. The van der Waals surface area contributed by atoms with E-state index in [4.69, 9.17) is 27.2 Å². The van der Waals surface area contributed by atoms with Gasteiger partial charge in [0.05, 0.1) is 5.02 Å². The van der Waals surface area contributed by atoms with Gasteiger partial charge in [0.25, 0.3) is 0 Å². The Morgan fingerprint density at radius 1 is 1.43 bits per heavy atom. The van der Waals surface area contributed by atoms with Gasteiger partial charge in [-0.2, -0.15) is 0 Å². The number of aliphatic hydroxyl groups is 1. The number of hydrogen-bond donors (Lipinski definition) is 2. The maximum Gasteiger partial charge on any atom is 0.137 e. The average Bonchev–Trinajstić information content (AvgIpc) is 2.17. The Morgan fingerprint density at radius 2 is 2.14 bits per heavy atom. The predicted molar refractivity (Wildman–Crippen MR) is 56.6 cm³/mol. The zero-order chi connectivity index (χ0) is 10.4. The van der Waals surface area contributed by atoms with Crippen LogP contribution in [0.5, 0.6) is 5.75 Å². The van der Waals surface area contributed by atoms with Gasteiger partial charge in [-0.15, -0.1) is 0 Å². The first kappa shape index (κ1) is 11.3. The molecule has 0 heterocycles. The van der Waals surface area contributed by atoms with Crippen LogP contribution in [0.25, 0.3) is 0 Å². The van der Waals surface area contributed by atoms with Gasteiger partial charge in [0.2, 0.25) is 0 Å². The normalized spacial score (nSPS) is 12.5. The lowest BCUT2D eigenvalue weighted by Crippen LogP contribution is -2.28. The SMILES string of the molecule is NC(CCO)COc1ccccc1Cl. The summed E-state index contributed by atoms with van der Waals surface area (Å²) in [6.07, 6.45) is 0.532. The summed E-state index contributed by atoms with van der Waals surface area (Å²) in [7, 11) is 0. The fourth-order valence-electron chi connectivity index (χ4n) is 1.01. The Labute approximate surface area is 88.4 Å². The van der Waals surface area contributed by atoms with Crippen molar-refractivity contribution in [2.24, 2.45) is 5.73 Å². The van der Waals surface area contributed by atoms with Crippen molar-refractivity contribution < 1.29 is 9.84 Å². The van der Waals surface area contributed by atoms with Crippen LogP contribution >= 0.6 is 11.6 Å². The first-order valence-corrected chi connectivity index (χ1v) is 4.85. The molecule has 0 aromatic heterocycles. The van der Waals surface area contributed by atoms with Gasteiger partial charge in [-0.05, 0) is 18.6 Å². The van der Waals surface area contributed by atoms with Crippen molar-refractivity contribution in [1.29, 1.82) is 0 Å². The monoisotopic (exact) mass is 215 g/mol. The minimum Gasteiger partial charge on any atom is -0.490 e. The Morgan fingerprint density at radius 3 is 2.79 bits per heavy atom. The molecule has 0 spiro atoms. The van der Waals surface area contributed by atoms with E-state index in [0.29, 0.717) is 23.8 Å². The fraction of sp³-hybridized carbons (Fsp3) is 0.400. The number of para-hydroxylation sites is 1. The van der Waals surface area contributed by atoms with Crippen molar-refractivity contribution in [3.05, 3.63) is 29.3 Å². The summed E-state index contributed by atoms with van der Waals surface area (Å²) in [4.78, 5) is 0. The van der Waals surface area contributed by atoms with Crippen LogP contribution in [0.15, 0.2) is 24.3 Å². The number of rotatable bonds is 5. The highest BCUT2D eigenvalue weighted by Gasteiger charge is 2.04. The molecule has 1 aromatic rings. The zero-order valence-corrected chi connectivity index (χ0v) is 8.57. The number of aliphatic hydroxyl groups excluding tert-OH is 1. The van der Waals surface area contributed by atoms with Crippen LogP contribution in [0.2, 0.25) is 5.02 Å². The summed E-state index contributed by atoms with van der Waals surface area (Å²) in [6.45, 7) is 0.442. The number of benzene rings is 1. The quantitative estimate of drug-likeness (QED) is 0.782. The third-order valence-electron chi connectivity index (χ3n) is 1.79. The molecule has 1 rings (SSSR count). The van der Waals surface area contributed by atoms with Gasteiger partial charge >= 0.3 is 0 Å². The van der Waals surface area contributed by atoms with Gasteiger partial charge in [0.1, 0.15) is 12.4 Å². The average molecular weight is 216 g/mol. The standard InChI is InChI=1S/C10H14ClNO2/c11-9-3-1-2-4-10(9)14-7-8(12)5-6-13/h1-4,8,13H,5-7,12H2. The van der Waals surface area contributed by atoms with Gasteiger partial charge in [-0.25, -0.2) is 0 Å². The Hall–Kier alpha value is -0.770. The molecular formula is C10H14ClNO2. The highest BCUT2D eigenvalue weighted by atomic mass is 35.5. The molecule has 78 valence electrons. The largest absolute Gasteiger partial charge is 0.490 e. The summed E-state index contributed by atoms with van der Waals surface area (Å²) in [5, 5.41) is 9.20. The fourth-order valence-corrected chi connectivity index (χ4v) is 1.20. The molecule has 1 aromatic carbocycles. The van der Waals surface area contributed by atoms with Gasteiger partial charge < -0.3 is 15.6 Å². The van der Waals surface area contributed by atoms with Crippen LogP contribution in [-0.4, -0.2) is 24.4 Å². The minimum atomic E-state index is -0.156. The molecule has 0 fully saturated rings. The van der Waals surface area contributed by atoms with Crippen LogP contribution in [0, 0.1) is 0 Å². The van der Waals surface area contributed by atoms with E-state index in [-0.39, 0.29) is 12.6 Å². The van der Waals surface area contributed by atoms with Crippen LogP contribution in [-0.2, 0) is 0 Å². The van der Waals surface area contributed by atoms with Crippen molar-refractivity contribution in [3.63, 3.8) is 0 Å². The minimum absolute atomic E-state index is 0.0764. The molecular weight excluding hydrogens is 202 g/mol. The van der Waals surface area contributed by atoms with Crippen molar-refractivity contribution >= 4 is 11.6 Å². The summed E-state index contributed by atoms with van der Waals surface area (Å²) < 4.78 is 5.38. The van der Waals surface area contributed by atoms with Crippen molar-refractivity contribution in [3.8, 4) is 5.75 Å². The van der Waals surface area contributed by atoms with Crippen LogP contribution < -0.4 is 10.5 Å². The summed E-state index contributed by atoms with van der Waals surface area (Å²) in [6, 6.07) is 7.07. The molecule has 0 saturated heterocycles. The molecule has 0 aliphatic heterocycles. The number of nitrogens with two attached hydrogens (primary N) is 1. The van der Waals surface area contributed by atoms with E-state index < -0.39 is 0 Å². The number of halogens is 1. The van der Waals surface area contributed by atoms with E-state index in [1.807, 2.05) is 12.1 Å². The number of hydrogen-bond acceptors (Lipinski definition) is 3. The smallest absolute Gasteiger partial charge is 0.137 e. The Bertz CT molecular complexity index is 281. The van der Waals surface area contributed by atoms with Crippen molar-refractivity contribution in [1.82, 2.24) is 0 Å². The van der Waals surface area contributed by atoms with Crippen LogP contribution in [0.4, 0.5) is 0 Å². The molecule has 1 unspecified atom stereocenters. The van der Waals surface area contributed by atoms with Gasteiger partial charge in [-0.1, -0.05) is 23.7 Å². The maximum absolute atomic E-state index is 8.63. The molecule has 14 heavy (non-hydrogen) atoms. The van der Waals surface area contributed by atoms with E-state index in [9.17, 15) is 0 Å². The van der Waals surface area contributed by atoms with Crippen LogP contribution in [0.1, 0.15) is 6.42 Å². The van der Waals surface area contributed by atoms with E-state index in [1.165, 1.54) is 0 Å². The van der Waals surface area contributed by atoms with Crippen LogP contribution in [0.3, 0.4) is 0 Å². The Balaban J connectivity index is 2.41. The molecule has 1 atom stereocenters. The molecule has 0 saturated carbocycles. The summed E-state index contributed by atoms with van der Waals surface area (Å²) >= 11 is 5.87. The van der Waals surface area contributed by atoms with Gasteiger partial charge in [0, 0.05) is 12.6 Å². The molecule has 3 N–H and O–H groups in total. The topological polar surface area (TPSA) is 55.5 Å². The summed E-state index contributed by atoms with van der Waals surface area (Å²) in [5.41, 5.74) is 5.65. The molecule has 3 nitrogen and oxygen atoms in total. The van der Waals surface area contributed by atoms with E-state index in [0.717, 1.165) is 0 Å². The van der Waals surface area contributed by atoms with Gasteiger partial charge in [0.15, 0.2) is 0 Å². The lowest BCUT2D eigenvalue weighted by atomic mass is 10.2. The van der Waals surface area contributed by atoms with Crippen molar-refractivity contribution in [2.45, 2.75) is 12.5 Å². The summed E-state index contributed by atoms with van der Waals surface area (Å²) in [5.74, 6) is 0.627. The van der Waals surface area contributed by atoms with E-state index in [2.05, 4.69) is 0 Å². The first-order chi connectivity index (χ1) is 6.74. The lowest BCUT2D eigenvalue weighted by Gasteiger charge is -2.12. The maximum atomic E-state index is 8.63.